The molecule has 1 aromatic carbocycles. The zero-order valence-corrected chi connectivity index (χ0v) is 10.7. The third-order valence-electron chi connectivity index (χ3n) is 3.34. The normalized spacial score (nSPS) is 19.2. The molecule has 1 unspecified atom stereocenters. The van der Waals surface area contributed by atoms with Gasteiger partial charge >= 0.3 is 0 Å². The summed E-state index contributed by atoms with van der Waals surface area (Å²) in [4.78, 5) is 11.7. The van der Waals surface area contributed by atoms with E-state index >= 15 is 0 Å². The number of hydrogen-bond donors (Lipinski definition) is 2. The van der Waals surface area contributed by atoms with Crippen molar-refractivity contribution in [1.29, 1.82) is 0 Å². The van der Waals surface area contributed by atoms with Crippen LogP contribution in [0.4, 0.5) is 8.78 Å². The minimum absolute atomic E-state index is 0.0949. The van der Waals surface area contributed by atoms with Crippen LogP contribution in [-0.2, 0) is 11.3 Å². The van der Waals surface area contributed by atoms with Crippen LogP contribution >= 0.6 is 0 Å². The summed E-state index contributed by atoms with van der Waals surface area (Å²) in [6.07, 6.45) is 3.69. The van der Waals surface area contributed by atoms with Gasteiger partial charge in [-0.2, -0.15) is 0 Å². The molecule has 0 bridgehead atoms. The van der Waals surface area contributed by atoms with E-state index in [1.54, 1.807) is 0 Å². The monoisotopic (exact) mass is 268 g/mol. The molecule has 5 heteroatoms. The Morgan fingerprint density at radius 1 is 1.37 bits per heavy atom. The van der Waals surface area contributed by atoms with Crippen LogP contribution in [0.2, 0.25) is 0 Å². The first-order valence-corrected chi connectivity index (χ1v) is 6.59. The lowest BCUT2D eigenvalue weighted by Crippen LogP contribution is -2.38. The minimum Gasteiger partial charge on any atom is -0.352 e. The zero-order valence-electron chi connectivity index (χ0n) is 10.7. The number of rotatable bonds is 4. The molecule has 0 saturated carbocycles. The fraction of sp³-hybridized carbons (Fsp3) is 0.500. The van der Waals surface area contributed by atoms with Gasteiger partial charge in [0.25, 0.3) is 0 Å². The van der Waals surface area contributed by atoms with E-state index in [-0.39, 0.29) is 18.5 Å². The second kappa shape index (κ2) is 6.61. The van der Waals surface area contributed by atoms with Gasteiger partial charge in [-0.05, 0) is 25.5 Å². The Morgan fingerprint density at radius 3 is 2.89 bits per heavy atom. The van der Waals surface area contributed by atoms with Crippen molar-refractivity contribution in [3.05, 3.63) is 35.4 Å². The van der Waals surface area contributed by atoms with Crippen molar-refractivity contribution in [3.63, 3.8) is 0 Å². The molecule has 2 rings (SSSR count). The standard InChI is InChI=1S/C14H18F2N2O/c15-11-5-4-10(13(16)7-11)9-18-14(19)8-12-3-1-2-6-17-12/h4-5,7,12,17H,1-3,6,8-9H2,(H,18,19). The molecule has 0 radical (unpaired) electrons. The predicted octanol–water partition coefficient (Wildman–Crippen LogP) is 2.11. The van der Waals surface area contributed by atoms with E-state index in [0.29, 0.717) is 12.0 Å². The summed E-state index contributed by atoms with van der Waals surface area (Å²) in [5, 5.41) is 5.95. The molecule has 0 aliphatic carbocycles. The Morgan fingerprint density at radius 2 is 2.21 bits per heavy atom. The number of amides is 1. The fourth-order valence-corrected chi connectivity index (χ4v) is 2.25. The molecule has 1 aromatic rings. The average Bonchev–Trinajstić information content (AvgIpc) is 2.39. The molecule has 2 N–H and O–H groups in total. The van der Waals surface area contributed by atoms with Crippen LogP contribution in [0.1, 0.15) is 31.2 Å². The highest BCUT2D eigenvalue weighted by Crippen LogP contribution is 2.11. The molecule has 3 nitrogen and oxygen atoms in total. The molecule has 1 atom stereocenters. The van der Waals surface area contributed by atoms with E-state index in [0.717, 1.165) is 31.9 Å². The Labute approximate surface area is 111 Å². The van der Waals surface area contributed by atoms with Crippen LogP contribution in [0.15, 0.2) is 18.2 Å². The number of piperidine rings is 1. The maximum Gasteiger partial charge on any atom is 0.221 e. The summed E-state index contributed by atoms with van der Waals surface area (Å²) in [6.45, 7) is 1.04. The highest BCUT2D eigenvalue weighted by molar-refractivity contribution is 5.76. The molecule has 0 aromatic heterocycles. The molecule has 0 spiro atoms. The van der Waals surface area contributed by atoms with Crippen molar-refractivity contribution in [2.75, 3.05) is 6.54 Å². The average molecular weight is 268 g/mol. The molecule has 1 aliphatic rings. The van der Waals surface area contributed by atoms with E-state index in [1.165, 1.54) is 12.1 Å². The lowest BCUT2D eigenvalue weighted by molar-refractivity contribution is -0.121. The van der Waals surface area contributed by atoms with Crippen LogP contribution < -0.4 is 10.6 Å². The molecule has 1 aliphatic heterocycles. The highest BCUT2D eigenvalue weighted by atomic mass is 19.1. The van der Waals surface area contributed by atoms with E-state index in [4.69, 9.17) is 0 Å². The van der Waals surface area contributed by atoms with Gasteiger partial charge in [0.2, 0.25) is 5.91 Å². The summed E-state index contributed by atoms with van der Waals surface area (Å²) in [6, 6.07) is 3.58. The molecule has 1 fully saturated rings. The molecule has 1 saturated heterocycles. The zero-order chi connectivity index (χ0) is 13.7. The molecule has 1 heterocycles. The van der Waals surface area contributed by atoms with Crippen molar-refractivity contribution in [2.24, 2.45) is 0 Å². The van der Waals surface area contributed by atoms with Gasteiger partial charge in [0.1, 0.15) is 11.6 Å². The van der Waals surface area contributed by atoms with E-state index < -0.39 is 11.6 Å². The number of benzene rings is 1. The summed E-state index contributed by atoms with van der Waals surface area (Å²) in [5.74, 6) is -1.35. The van der Waals surface area contributed by atoms with Crippen molar-refractivity contribution in [3.8, 4) is 0 Å². The Kier molecular flexibility index (Phi) is 4.85. The number of nitrogens with one attached hydrogen (secondary N) is 2. The van der Waals surface area contributed by atoms with Gasteiger partial charge in [-0.1, -0.05) is 12.5 Å². The summed E-state index contributed by atoms with van der Waals surface area (Å²) < 4.78 is 26.1. The SMILES string of the molecule is O=C(CC1CCCCN1)NCc1ccc(F)cc1F. The van der Waals surface area contributed by atoms with Crippen LogP contribution in [0, 0.1) is 11.6 Å². The van der Waals surface area contributed by atoms with E-state index in [2.05, 4.69) is 10.6 Å². The third-order valence-corrected chi connectivity index (χ3v) is 3.34. The molecule has 19 heavy (non-hydrogen) atoms. The van der Waals surface area contributed by atoms with Crippen molar-refractivity contribution < 1.29 is 13.6 Å². The summed E-state index contributed by atoms with van der Waals surface area (Å²) >= 11 is 0. The van der Waals surface area contributed by atoms with Gasteiger partial charge < -0.3 is 10.6 Å². The quantitative estimate of drug-likeness (QED) is 0.878. The summed E-state index contributed by atoms with van der Waals surface area (Å²) in [5.41, 5.74) is 0.298. The van der Waals surface area contributed by atoms with Gasteiger partial charge in [-0.15, -0.1) is 0 Å². The molecule has 104 valence electrons. The highest BCUT2D eigenvalue weighted by Gasteiger charge is 2.16. The van der Waals surface area contributed by atoms with Crippen molar-refractivity contribution in [2.45, 2.75) is 38.3 Å². The first-order chi connectivity index (χ1) is 9.15. The second-order valence-electron chi connectivity index (χ2n) is 4.86. The number of carbonyl (C=O) groups excluding carboxylic acids is 1. The van der Waals surface area contributed by atoms with Crippen LogP contribution in [-0.4, -0.2) is 18.5 Å². The fourth-order valence-electron chi connectivity index (χ4n) is 2.25. The molecular formula is C14H18F2N2O. The van der Waals surface area contributed by atoms with Crippen molar-refractivity contribution in [1.82, 2.24) is 10.6 Å². The Hall–Kier alpha value is -1.49. The van der Waals surface area contributed by atoms with Gasteiger partial charge in [-0.3, -0.25) is 4.79 Å². The number of hydrogen-bond acceptors (Lipinski definition) is 2. The number of carbonyl (C=O) groups is 1. The van der Waals surface area contributed by atoms with Crippen LogP contribution in [0.5, 0.6) is 0 Å². The Balaban J connectivity index is 1.79. The minimum atomic E-state index is -0.629. The van der Waals surface area contributed by atoms with Crippen molar-refractivity contribution >= 4 is 5.91 Å². The first kappa shape index (κ1) is 13.9. The third kappa shape index (κ3) is 4.28. The topological polar surface area (TPSA) is 41.1 Å². The van der Waals surface area contributed by atoms with Gasteiger partial charge in [0.05, 0.1) is 0 Å². The number of halogens is 2. The molecular weight excluding hydrogens is 250 g/mol. The smallest absolute Gasteiger partial charge is 0.221 e. The van der Waals surface area contributed by atoms with Gasteiger partial charge in [0, 0.05) is 30.6 Å². The largest absolute Gasteiger partial charge is 0.352 e. The lowest BCUT2D eigenvalue weighted by Gasteiger charge is -2.22. The predicted molar refractivity (Wildman–Crippen MR) is 68.5 cm³/mol. The van der Waals surface area contributed by atoms with E-state index in [9.17, 15) is 13.6 Å². The first-order valence-electron chi connectivity index (χ1n) is 6.59. The van der Waals surface area contributed by atoms with Crippen LogP contribution in [0.3, 0.4) is 0 Å². The maximum atomic E-state index is 13.4. The maximum absolute atomic E-state index is 13.4. The lowest BCUT2D eigenvalue weighted by atomic mass is 10.0. The van der Waals surface area contributed by atoms with Gasteiger partial charge in [-0.25, -0.2) is 8.78 Å². The van der Waals surface area contributed by atoms with E-state index in [1.807, 2.05) is 0 Å². The second-order valence-corrected chi connectivity index (χ2v) is 4.86. The van der Waals surface area contributed by atoms with Gasteiger partial charge in [0.15, 0.2) is 0 Å². The molecule has 1 amide bonds. The summed E-state index contributed by atoms with van der Waals surface area (Å²) in [7, 11) is 0. The van der Waals surface area contributed by atoms with Crippen LogP contribution in [0.25, 0.3) is 0 Å². The Bertz CT molecular complexity index is 445.